The number of thiophene rings is 1. The van der Waals surface area contributed by atoms with Gasteiger partial charge in [0.05, 0.1) is 23.4 Å². The van der Waals surface area contributed by atoms with Gasteiger partial charge in [0.15, 0.2) is 16.8 Å². The lowest BCUT2D eigenvalue weighted by atomic mass is 10.2. The summed E-state index contributed by atoms with van der Waals surface area (Å²) in [5.41, 5.74) is 0.864. The number of furan rings is 1. The topological polar surface area (TPSA) is 73.8 Å². The van der Waals surface area contributed by atoms with Crippen molar-refractivity contribution < 1.29 is 9.21 Å². The smallest absolute Gasteiger partial charge is 0.192 e. The number of aromatic nitrogens is 4. The predicted molar refractivity (Wildman–Crippen MR) is 105 cm³/mol. The second-order valence-corrected chi connectivity index (χ2v) is 8.07. The van der Waals surface area contributed by atoms with E-state index in [1.54, 1.807) is 18.7 Å². The first-order valence-corrected chi connectivity index (χ1v) is 10.1. The highest BCUT2D eigenvalue weighted by atomic mass is 32.2. The Morgan fingerprint density at radius 2 is 2.15 bits per heavy atom. The number of ketones is 1. The molecule has 0 saturated carbocycles. The molecule has 4 aromatic heterocycles. The summed E-state index contributed by atoms with van der Waals surface area (Å²) in [6.07, 6.45) is 5.10. The molecule has 4 rings (SSSR count). The van der Waals surface area contributed by atoms with Crippen LogP contribution in [0.3, 0.4) is 0 Å². The second-order valence-electron chi connectivity index (χ2n) is 5.84. The minimum atomic E-state index is 0.0913. The van der Waals surface area contributed by atoms with Crippen LogP contribution in [0.25, 0.3) is 11.4 Å². The number of pyridine rings is 1. The molecule has 0 unspecified atom stereocenters. The Bertz CT molecular complexity index is 1040. The summed E-state index contributed by atoms with van der Waals surface area (Å²) in [6, 6.07) is 11.4. The third-order valence-corrected chi connectivity index (χ3v) is 5.89. The van der Waals surface area contributed by atoms with Crippen molar-refractivity contribution >= 4 is 28.9 Å². The summed E-state index contributed by atoms with van der Waals surface area (Å²) < 4.78 is 7.44. The summed E-state index contributed by atoms with van der Waals surface area (Å²) in [5, 5.41) is 9.30. The van der Waals surface area contributed by atoms with E-state index >= 15 is 0 Å². The first kappa shape index (κ1) is 17.7. The maximum atomic E-state index is 12.4. The molecule has 0 aliphatic carbocycles. The van der Waals surface area contributed by atoms with Crippen LogP contribution in [0, 0.1) is 6.92 Å². The lowest BCUT2D eigenvalue weighted by Crippen LogP contribution is -2.06. The fourth-order valence-corrected chi connectivity index (χ4v) is 4.31. The normalized spacial score (nSPS) is 11.0. The van der Waals surface area contributed by atoms with Gasteiger partial charge in [-0.15, -0.1) is 21.5 Å². The lowest BCUT2D eigenvalue weighted by Gasteiger charge is -2.08. The molecule has 0 radical (unpaired) electrons. The Morgan fingerprint density at radius 1 is 1.22 bits per heavy atom. The maximum Gasteiger partial charge on any atom is 0.192 e. The van der Waals surface area contributed by atoms with E-state index in [0.29, 0.717) is 23.3 Å². The molecule has 0 atom stereocenters. The fraction of sp³-hybridized carbons (Fsp3) is 0.158. The SMILES string of the molecule is Cc1ccc(C(=O)CSc2nnc(-c3cccnc3)n2Cc2ccco2)s1. The number of nitrogens with zero attached hydrogens (tertiary/aromatic N) is 4. The zero-order valence-corrected chi connectivity index (χ0v) is 16.2. The van der Waals surface area contributed by atoms with Crippen molar-refractivity contribution in [2.45, 2.75) is 18.6 Å². The van der Waals surface area contributed by atoms with Gasteiger partial charge in [0.25, 0.3) is 0 Å². The zero-order valence-electron chi connectivity index (χ0n) is 14.5. The third-order valence-electron chi connectivity index (χ3n) is 3.88. The molecule has 4 heterocycles. The second kappa shape index (κ2) is 7.89. The number of hydrogen-bond acceptors (Lipinski definition) is 7. The van der Waals surface area contributed by atoms with E-state index in [9.17, 15) is 4.79 Å². The van der Waals surface area contributed by atoms with Crippen LogP contribution < -0.4 is 0 Å². The number of thioether (sulfide) groups is 1. The Labute approximate surface area is 164 Å². The van der Waals surface area contributed by atoms with E-state index in [0.717, 1.165) is 21.1 Å². The number of rotatable bonds is 7. The van der Waals surface area contributed by atoms with Crippen LogP contribution >= 0.6 is 23.1 Å². The summed E-state index contributed by atoms with van der Waals surface area (Å²) in [6.45, 7) is 2.48. The molecule has 0 spiro atoms. The molecule has 136 valence electrons. The van der Waals surface area contributed by atoms with Crippen molar-refractivity contribution in [2.24, 2.45) is 0 Å². The Hall–Kier alpha value is -2.71. The monoisotopic (exact) mass is 396 g/mol. The Balaban J connectivity index is 1.60. The van der Waals surface area contributed by atoms with Crippen LogP contribution in [0.4, 0.5) is 0 Å². The van der Waals surface area contributed by atoms with Gasteiger partial charge >= 0.3 is 0 Å². The van der Waals surface area contributed by atoms with Crippen molar-refractivity contribution in [1.82, 2.24) is 19.7 Å². The van der Waals surface area contributed by atoms with Gasteiger partial charge in [0.1, 0.15) is 5.76 Å². The molecule has 4 aromatic rings. The molecule has 8 heteroatoms. The Kier molecular flexibility index (Phi) is 5.17. The highest BCUT2D eigenvalue weighted by Crippen LogP contribution is 2.26. The number of carbonyl (C=O) groups excluding carboxylic acids is 1. The highest BCUT2D eigenvalue weighted by molar-refractivity contribution is 7.99. The molecule has 27 heavy (non-hydrogen) atoms. The fourth-order valence-electron chi connectivity index (χ4n) is 2.59. The molecule has 0 aliphatic rings. The first-order valence-electron chi connectivity index (χ1n) is 8.29. The quantitative estimate of drug-likeness (QED) is 0.342. The van der Waals surface area contributed by atoms with E-state index in [2.05, 4.69) is 15.2 Å². The third kappa shape index (κ3) is 4.01. The zero-order chi connectivity index (χ0) is 18.6. The molecule has 0 saturated heterocycles. The lowest BCUT2D eigenvalue weighted by molar-refractivity contribution is 0.102. The molecular weight excluding hydrogens is 380 g/mol. The van der Waals surface area contributed by atoms with Gasteiger partial charge in [0.2, 0.25) is 0 Å². The van der Waals surface area contributed by atoms with Gasteiger partial charge in [-0.05, 0) is 43.3 Å². The molecule has 0 aliphatic heterocycles. The van der Waals surface area contributed by atoms with Crippen LogP contribution in [0.2, 0.25) is 0 Å². The number of Topliss-reactive ketones (excluding diaryl/α,β-unsaturated/α-hetero) is 1. The number of carbonyl (C=O) groups is 1. The first-order chi connectivity index (χ1) is 13.2. The standard InChI is InChI=1S/C19H16N4O2S2/c1-13-6-7-17(27-13)16(24)12-26-19-22-21-18(14-4-2-8-20-10-14)23(19)11-15-5-3-9-25-15/h2-10H,11-12H2,1H3. The molecule has 0 fully saturated rings. The van der Waals surface area contributed by atoms with Crippen LogP contribution in [-0.4, -0.2) is 31.3 Å². The van der Waals surface area contributed by atoms with Gasteiger partial charge in [-0.1, -0.05) is 11.8 Å². The van der Waals surface area contributed by atoms with Crippen LogP contribution in [-0.2, 0) is 6.54 Å². The molecule has 0 aromatic carbocycles. The number of aryl methyl sites for hydroxylation is 1. The van der Waals surface area contributed by atoms with E-state index in [-0.39, 0.29) is 5.78 Å². The number of hydrogen-bond donors (Lipinski definition) is 0. The molecule has 6 nitrogen and oxygen atoms in total. The van der Waals surface area contributed by atoms with Crippen molar-refractivity contribution in [1.29, 1.82) is 0 Å². The van der Waals surface area contributed by atoms with Crippen LogP contribution in [0.15, 0.2) is 64.6 Å². The maximum absolute atomic E-state index is 12.4. The summed E-state index contributed by atoms with van der Waals surface area (Å²) in [4.78, 5) is 18.5. The summed E-state index contributed by atoms with van der Waals surface area (Å²) >= 11 is 2.89. The van der Waals surface area contributed by atoms with Gasteiger partial charge in [-0.2, -0.15) is 0 Å². The largest absolute Gasteiger partial charge is 0.467 e. The molecule has 0 bridgehead atoms. The van der Waals surface area contributed by atoms with E-state index < -0.39 is 0 Å². The van der Waals surface area contributed by atoms with E-state index in [1.807, 2.05) is 47.9 Å². The van der Waals surface area contributed by atoms with Gasteiger partial charge < -0.3 is 4.42 Å². The Morgan fingerprint density at radius 3 is 2.85 bits per heavy atom. The van der Waals surface area contributed by atoms with Crippen LogP contribution in [0.5, 0.6) is 0 Å². The van der Waals surface area contributed by atoms with Gasteiger partial charge in [0, 0.05) is 22.8 Å². The van der Waals surface area contributed by atoms with Crippen molar-refractivity contribution in [3.8, 4) is 11.4 Å². The van der Waals surface area contributed by atoms with Crippen molar-refractivity contribution in [3.05, 3.63) is 70.6 Å². The van der Waals surface area contributed by atoms with Crippen molar-refractivity contribution in [2.75, 3.05) is 5.75 Å². The van der Waals surface area contributed by atoms with Gasteiger partial charge in [-0.3, -0.25) is 14.3 Å². The van der Waals surface area contributed by atoms with E-state index in [4.69, 9.17) is 4.42 Å². The molecule has 0 N–H and O–H groups in total. The minimum absolute atomic E-state index is 0.0913. The summed E-state index contributed by atoms with van der Waals surface area (Å²) in [5.74, 6) is 1.89. The van der Waals surface area contributed by atoms with Crippen molar-refractivity contribution in [3.63, 3.8) is 0 Å². The summed E-state index contributed by atoms with van der Waals surface area (Å²) in [7, 11) is 0. The van der Waals surface area contributed by atoms with Gasteiger partial charge in [-0.25, -0.2) is 0 Å². The van der Waals surface area contributed by atoms with Crippen LogP contribution in [0.1, 0.15) is 20.3 Å². The van der Waals surface area contributed by atoms with E-state index in [1.165, 1.54) is 23.1 Å². The molecular formula is C19H16N4O2S2. The molecule has 0 amide bonds. The predicted octanol–water partition coefficient (Wildman–Crippen LogP) is 4.33. The average Bonchev–Trinajstić information content (AvgIpc) is 3.43. The average molecular weight is 396 g/mol. The highest BCUT2D eigenvalue weighted by Gasteiger charge is 2.18. The minimum Gasteiger partial charge on any atom is -0.467 e.